The molecule has 0 aliphatic carbocycles. The summed E-state index contributed by atoms with van der Waals surface area (Å²) < 4.78 is 5.27. The maximum atomic E-state index is 10.7. The number of nitrogens with zero attached hydrogens (tertiary/aromatic N) is 1. The number of hydrogen-bond donors (Lipinski definition) is 1. The number of aliphatic carboxylic acids is 1. The molecule has 0 unspecified atom stereocenters. The van der Waals surface area contributed by atoms with Crippen LogP contribution >= 0.6 is 0 Å². The summed E-state index contributed by atoms with van der Waals surface area (Å²) >= 11 is 0. The molecule has 0 saturated heterocycles. The van der Waals surface area contributed by atoms with Crippen molar-refractivity contribution < 1.29 is 14.6 Å². The Morgan fingerprint density at radius 1 is 1.33 bits per heavy atom. The lowest BCUT2D eigenvalue weighted by Crippen LogP contribution is -2.02. The second-order valence-corrected chi connectivity index (χ2v) is 3.83. The largest absolute Gasteiger partial charge is 0.494 e. The van der Waals surface area contributed by atoms with Crippen molar-refractivity contribution in [1.29, 1.82) is 0 Å². The predicted octanol–water partition coefficient (Wildman–Crippen LogP) is 2.38. The van der Waals surface area contributed by atoms with E-state index in [9.17, 15) is 4.79 Å². The first-order valence-corrected chi connectivity index (χ1v) is 5.51. The lowest BCUT2D eigenvalue weighted by Gasteiger charge is -2.09. The molecule has 1 aromatic heterocycles. The molecule has 0 atom stereocenters. The average molecular weight is 243 g/mol. The van der Waals surface area contributed by atoms with Gasteiger partial charge >= 0.3 is 5.97 Å². The summed E-state index contributed by atoms with van der Waals surface area (Å²) in [5.41, 5.74) is 2.28. The molecular formula is C14H13NO3. The fourth-order valence-corrected chi connectivity index (χ4v) is 1.72. The fourth-order valence-electron chi connectivity index (χ4n) is 1.72. The van der Waals surface area contributed by atoms with Gasteiger partial charge in [0.15, 0.2) is 0 Å². The molecule has 0 spiro atoms. The Kier molecular flexibility index (Phi) is 3.57. The van der Waals surface area contributed by atoms with Gasteiger partial charge < -0.3 is 9.84 Å². The molecule has 1 heterocycles. The Morgan fingerprint density at radius 3 is 2.67 bits per heavy atom. The fraction of sp³-hybridized carbons (Fsp3) is 0.143. The molecule has 0 fully saturated rings. The van der Waals surface area contributed by atoms with Gasteiger partial charge in [-0.05, 0) is 11.6 Å². The Hall–Kier alpha value is -2.36. The second-order valence-electron chi connectivity index (χ2n) is 3.83. The zero-order chi connectivity index (χ0) is 13.0. The number of rotatable bonds is 4. The zero-order valence-corrected chi connectivity index (χ0v) is 9.96. The van der Waals surface area contributed by atoms with Gasteiger partial charge in [-0.1, -0.05) is 30.3 Å². The highest BCUT2D eigenvalue weighted by molar-refractivity contribution is 5.72. The van der Waals surface area contributed by atoms with Crippen molar-refractivity contribution in [3.05, 3.63) is 48.2 Å². The van der Waals surface area contributed by atoms with E-state index >= 15 is 0 Å². The third kappa shape index (κ3) is 2.66. The van der Waals surface area contributed by atoms with Crippen molar-refractivity contribution in [1.82, 2.24) is 4.98 Å². The van der Waals surface area contributed by atoms with Crippen LogP contribution in [0.2, 0.25) is 0 Å². The number of carbonyl (C=O) groups is 1. The summed E-state index contributed by atoms with van der Waals surface area (Å²) in [6, 6.07) is 11.3. The molecule has 18 heavy (non-hydrogen) atoms. The topological polar surface area (TPSA) is 59.4 Å². The number of aromatic nitrogens is 1. The SMILES string of the molecule is COc1cc(CC(=O)O)cnc1-c1ccccc1. The summed E-state index contributed by atoms with van der Waals surface area (Å²) in [4.78, 5) is 14.9. The molecule has 0 aliphatic heterocycles. The first-order chi connectivity index (χ1) is 8.70. The summed E-state index contributed by atoms with van der Waals surface area (Å²) in [5.74, 6) is -0.300. The molecule has 4 heteroatoms. The normalized spacial score (nSPS) is 10.1. The summed E-state index contributed by atoms with van der Waals surface area (Å²) in [7, 11) is 1.55. The summed E-state index contributed by atoms with van der Waals surface area (Å²) in [5, 5.41) is 8.75. The van der Waals surface area contributed by atoms with Crippen molar-refractivity contribution in [2.75, 3.05) is 7.11 Å². The Balaban J connectivity index is 2.41. The lowest BCUT2D eigenvalue weighted by atomic mass is 10.1. The molecule has 0 amide bonds. The van der Waals surface area contributed by atoms with E-state index in [0.717, 1.165) is 5.56 Å². The maximum absolute atomic E-state index is 10.7. The van der Waals surface area contributed by atoms with Gasteiger partial charge in [-0.3, -0.25) is 9.78 Å². The van der Waals surface area contributed by atoms with Crippen molar-refractivity contribution >= 4 is 5.97 Å². The van der Waals surface area contributed by atoms with Crippen LogP contribution in [0.5, 0.6) is 5.75 Å². The number of pyridine rings is 1. The van der Waals surface area contributed by atoms with E-state index in [0.29, 0.717) is 17.0 Å². The second kappa shape index (κ2) is 5.31. The van der Waals surface area contributed by atoms with Crippen LogP contribution < -0.4 is 4.74 Å². The van der Waals surface area contributed by atoms with Crippen molar-refractivity contribution in [3.63, 3.8) is 0 Å². The van der Waals surface area contributed by atoms with E-state index in [1.807, 2.05) is 30.3 Å². The highest BCUT2D eigenvalue weighted by atomic mass is 16.5. The zero-order valence-electron chi connectivity index (χ0n) is 9.96. The maximum Gasteiger partial charge on any atom is 0.307 e. The minimum atomic E-state index is -0.883. The molecule has 4 nitrogen and oxygen atoms in total. The molecule has 1 N–H and O–H groups in total. The number of carboxylic acid groups (broad SMARTS) is 1. The Labute approximate surface area is 105 Å². The van der Waals surface area contributed by atoms with Gasteiger partial charge in [0, 0.05) is 11.8 Å². The third-order valence-electron chi connectivity index (χ3n) is 2.53. The van der Waals surface area contributed by atoms with Gasteiger partial charge in [-0.25, -0.2) is 0 Å². The van der Waals surface area contributed by atoms with E-state index < -0.39 is 5.97 Å². The molecular weight excluding hydrogens is 230 g/mol. The first-order valence-electron chi connectivity index (χ1n) is 5.51. The van der Waals surface area contributed by atoms with Crippen LogP contribution in [0.3, 0.4) is 0 Å². The average Bonchev–Trinajstić information content (AvgIpc) is 2.39. The quantitative estimate of drug-likeness (QED) is 0.895. The third-order valence-corrected chi connectivity index (χ3v) is 2.53. The standard InChI is InChI=1S/C14H13NO3/c1-18-12-7-10(8-13(16)17)9-15-14(12)11-5-3-2-4-6-11/h2-7,9H,8H2,1H3,(H,16,17). The van der Waals surface area contributed by atoms with E-state index in [-0.39, 0.29) is 6.42 Å². The summed E-state index contributed by atoms with van der Waals surface area (Å²) in [6.45, 7) is 0. The van der Waals surface area contributed by atoms with Crippen LogP contribution in [-0.2, 0) is 11.2 Å². The Bertz CT molecular complexity index is 552. The monoisotopic (exact) mass is 243 g/mol. The van der Waals surface area contributed by atoms with Crippen molar-refractivity contribution in [3.8, 4) is 17.0 Å². The molecule has 1 aromatic carbocycles. The van der Waals surface area contributed by atoms with Crippen LogP contribution in [0.15, 0.2) is 42.6 Å². The van der Waals surface area contributed by atoms with Crippen LogP contribution in [-0.4, -0.2) is 23.2 Å². The van der Waals surface area contributed by atoms with Crippen LogP contribution in [0.1, 0.15) is 5.56 Å². The number of hydrogen-bond acceptors (Lipinski definition) is 3. The molecule has 0 radical (unpaired) electrons. The number of methoxy groups -OCH3 is 1. The molecule has 0 bridgehead atoms. The molecule has 0 aliphatic rings. The minimum absolute atomic E-state index is 0.0571. The van der Waals surface area contributed by atoms with Gasteiger partial charge in [-0.2, -0.15) is 0 Å². The number of benzene rings is 1. The lowest BCUT2D eigenvalue weighted by molar-refractivity contribution is -0.136. The number of carboxylic acids is 1. The van der Waals surface area contributed by atoms with Crippen LogP contribution in [0, 0.1) is 0 Å². The molecule has 0 saturated carbocycles. The van der Waals surface area contributed by atoms with E-state index in [1.165, 1.54) is 0 Å². The minimum Gasteiger partial charge on any atom is -0.494 e. The van der Waals surface area contributed by atoms with E-state index in [2.05, 4.69) is 4.98 Å². The van der Waals surface area contributed by atoms with Crippen LogP contribution in [0.4, 0.5) is 0 Å². The summed E-state index contributed by atoms with van der Waals surface area (Å²) in [6.07, 6.45) is 1.51. The highest BCUT2D eigenvalue weighted by Crippen LogP contribution is 2.28. The van der Waals surface area contributed by atoms with Gasteiger partial charge in [-0.15, -0.1) is 0 Å². The predicted molar refractivity (Wildman–Crippen MR) is 67.6 cm³/mol. The van der Waals surface area contributed by atoms with E-state index in [4.69, 9.17) is 9.84 Å². The smallest absolute Gasteiger partial charge is 0.307 e. The first kappa shape index (κ1) is 12.1. The number of ether oxygens (including phenoxy) is 1. The van der Waals surface area contributed by atoms with Crippen molar-refractivity contribution in [2.45, 2.75) is 6.42 Å². The molecule has 2 aromatic rings. The van der Waals surface area contributed by atoms with Crippen LogP contribution in [0.25, 0.3) is 11.3 Å². The van der Waals surface area contributed by atoms with Gasteiger partial charge in [0.25, 0.3) is 0 Å². The van der Waals surface area contributed by atoms with Gasteiger partial charge in [0.05, 0.1) is 13.5 Å². The highest BCUT2D eigenvalue weighted by Gasteiger charge is 2.10. The Morgan fingerprint density at radius 2 is 2.06 bits per heavy atom. The van der Waals surface area contributed by atoms with Crippen molar-refractivity contribution in [2.24, 2.45) is 0 Å². The van der Waals surface area contributed by atoms with Gasteiger partial charge in [0.2, 0.25) is 0 Å². The van der Waals surface area contributed by atoms with E-state index in [1.54, 1.807) is 19.4 Å². The molecule has 2 rings (SSSR count). The molecule has 92 valence electrons. The van der Waals surface area contributed by atoms with Gasteiger partial charge in [0.1, 0.15) is 11.4 Å².